The monoisotopic (exact) mass is 452 g/mol. The Morgan fingerprint density at radius 2 is 1.45 bits per heavy atom. The van der Waals surface area contributed by atoms with Crippen molar-refractivity contribution in [2.75, 3.05) is 0 Å². The van der Waals surface area contributed by atoms with E-state index in [9.17, 15) is 4.79 Å². The fourth-order valence-corrected chi connectivity index (χ4v) is 4.87. The number of aromatic nitrogens is 3. The van der Waals surface area contributed by atoms with Crippen LogP contribution in [0.5, 0.6) is 0 Å². The lowest BCUT2D eigenvalue weighted by atomic mass is 10.1. The third-order valence-electron chi connectivity index (χ3n) is 5.78. The summed E-state index contributed by atoms with van der Waals surface area (Å²) in [6.07, 6.45) is 0. The van der Waals surface area contributed by atoms with Gasteiger partial charge in [0.1, 0.15) is 5.69 Å². The first-order chi connectivity index (χ1) is 16.0. The molecule has 6 heteroatoms. The SMILES string of the molecule is Cc1ccc(-c2csc(=Nc3ccccc3)n2-c2c(C)n(C)n(-c3ccccc3)c2=O)cc1. The van der Waals surface area contributed by atoms with Gasteiger partial charge in [0, 0.05) is 12.4 Å². The summed E-state index contributed by atoms with van der Waals surface area (Å²) in [7, 11) is 1.92. The van der Waals surface area contributed by atoms with Crippen molar-refractivity contribution in [1.82, 2.24) is 13.9 Å². The van der Waals surface area contributed by atoms with Gasteiger partial charge in [-0.3, -0.25) is 14.0 Å². The molecule has 0 radical (unpaired) electrons. The molecule has 164 valence electrons. The molecular weight excluding hydrogens is 428 g/mol. The van der Waals surface area contributed by atoms with Crippen molar-refractivity contribution < 1.29 is 0 Å². The molecule has 5 rings (SSSR count). The van der Waals surface area contributed by atoms with Gasteiger partial charge in [-0.15, -0.1) is 11.3 Å². The Morgan fingerprint density at radius 3 is 2.12 bits per heavy atom. The summed E-state index contributed by atoms with van der Waals surface area (Å²) in [4.78, 5) is 19.5. The minimum Gasteiger partial charge on any atom is -0.283 e. The standard InChI is InChI=1S/C27H24N4OS/c1-19-14-16-21(17-15-19)24-18-33-27(28-22-10-6-4-7-11-22)30(24)25-20(2)29(3)31(26(25)32)23-12-8-5-9-13-23/h4-18H,1-3H3. The molecule has 2 aromatic heterocycles. The van der Waals surface area contributed by atoms with Gasteiger partial charge in [-0.1, -0.05) is 66.2 Å². The van der Waals surface area contributed by atoms with Crippen molar-refractivity contribution in [1.29, 1.82) is 0 Å². The zero-order valence-corrected chi connectivity index (χ0v) is 19.6. The Hall–Kier alpha value is -3.90. The Balaban J connectivity index is 1.83. The van der Waals surface area contributed by atoms with Crippen LogP contribution in [-0.2, 0) is 7.05 Å². The zero-order valence-electron chi connectivity index (χ0n) is 18.8. The summed E-state index contributed by atoms with van der Waals surface area (Å²) in [5.41, 5.74) is 6.24. The molecule has 0 N–H and O–H groups in total. The predicted octanol–water partition coefficient (Wildman–Crippen LogP) is 5.54. The lowest BCUT2D eigenvalue weighted by molar-refractivity contribution is 0.630. The quantitative estimate of drug-likeness (QED) is 0.353. The number of hydrogen-bond donors (Lipinski definition) is 0. The van der Waals surface area contributed by atoms with Crippen molar-refractivity contribution in [2.24, 2.45) is 12.0 Å². The van der Waals surface area contributed by atoms with Crippen LogP contribution in [0.4, 0.5) is 5.69 Å². The van der Waals surface area contributed by atoms with E-state index < -0.39 is 0 Å². The van der Waals surface area contributed by atoms with Gasteiger partial charge in [0.05, 0.1) is 22.8 Å². The zero-order chi connectivity index (χ0) is 22.9. The topological polar surface area (TPSA) is 44.2 Å². The summed E-state index contributed by atoms with van der Waals surface area (Å²) in [6.45, 7) is 4.05. The maximum absolute atomic E-state index is 13.8. The van der Waals surface area contributed by atoms with Crippen LogP contribution in [0.25, 0.3) is 22.6 Å². The highest BCUT2D eigenvalue weighted by Crippen LogP contribution is 2.25. The number of rotatable bonds is 4. The van der Waals surface area contributed by atoms with Crippen molar-refractivity contribution in [3.05, 3.63) is 117 Å². The molecule has 2 heterocycles. The van der Waals surface area contributed by atoms with Crippen LogP contribution in [0.1, 0.15) is 11.3 Å². The van der Waals surface area contributed by atoms with Crippen LogP contribution in [0.3, 0.4) is 0 Å². The summed E-state index contributed by atoms with van der Waals surface area (Å²) in [5.74, 6) is 0. The molecule has 0 aliphatic carbocycles. The summed E-state index contributed by atoms with van der Waals surface area (Å²) in [6, 6.07) is 27.9. The van der Waals surface area contributed by atoms with Crippen LogP contribution >= 0.6 is 11.3 Å². The maximum Gasteiger partial charge on any atom is 0.296 e. The van der Waals surface area contributed by atoms with E-state index in [0.717, 1.165) is 33.1 Å². The molecule has 0 bridgehead atoms. The van der Waals surface area contributed by atoms with Gasteiger partial charge in [-0.05, 0) is 43.7 Å². The van der Waals surface area contributed by atoms with Crippen molar-refractivity contribution in [2.45, 2.75) is 13.8 Å². The fraction of sp³-hybridized carbons (Fsp3) is 0.111. The number of thiazole rings is 1. The smallest absolute Gasteiger partial charge is 0.283 e. The number of aryl methyl sites for hydroxylation is 1. The van der Waals surface area contributed by atoms with Crippen LogP contribution in [0, 0.1) is 13.8 Å². The minimum atomic E-state index is -0.0810. The van der Waals surface area contributed by atoms with Crippen molar-refractivity contribution in [3.63, 3.8) is 0 Å². The van der Waals surface area contributed by atoms with Crippen molar-refractivity contribution >= 4 is 17.0 Å². The van der Waals surface area contributed by atoms with Gasteiger partial charge < -0.3 is 0 Å². The molecule has 3 aromatic carbocycles. The first kappa shape index (κ1) is 21.0. The normalized spacial score (nSPS) is 11.8. The van der Waals surface area contributed by atoms with E-state index in [1.165, 1.54) is 16.9 Å². The highest BCUT2D eigenvalue weighted by Gasteiger charge is 2.21. The lowest BCUT2D eigenvalue weighted by Crippen LogP contribution is -2.24. The average molecular weight is 453 g/mol. The second-order valence-corrected chi connectivity index (χ2v) is 8.80. The molecule has 0 unspecified atom stereocenters. The highest BCUT2D eigenvalue weighted by atomic mass is 32.1. The third kappa shape index (κ3) is 3.79. The number of para-hydroxylation sites is 2. The number of hydrogen-bond acceptors (Lipinski definition) is 3. The second-order valence-electron chi connectivity index (χ2n) is 7.96. The predicted molar refractivity (Wildman–Crippen MR) is 135 cm³/mol. The second kappa shape index (κ2) is 8.56. The summed E-state index contributed by atoms with van der Waals surface area (Å²) >= 11 is 1.53. The Labute approximate surface area is 196 Å². The summed E-state index contributed by atoms with van der Waals surface area (Å²) < 4.78 is 5.61. The average Bonchev–Trinajstić information content (AvgIpc) is 3.33. The van der Waals surface area contributed by atoms with E-state index in [0.29, 0.717) is 5.69 Å². The van der Waals surface area contributed by atoms with Gasteiger partial charge in [-0.2, -0.15) is 0 Å². The fourth-order valence-electron chi connectivity index (χ4n) is 3.96. The van der Waals surface area contributed by atoms with Crippen LogP contribution in [-0.4, -0.2) is 13.9 Å². The van der Waals surface area contributed by atoms with Gasteiger partial charge in [0.15, 0.2) is 4.80 Å². The van der Waals surface area contributed by atoms with Crippen molar-refractivity contribution in [3.8, 4) is 22.6 Å². The first-order valence-corrected chi connectivity index (χ1v) is 11.6. The Kier molecular flexibility index (Phi) is 5.44. The highest BCUT2D eigenvalue weighted by molar-refractivity contribution is 7.07. The Morgan fingerprint density at radius 1 is 0.818 bits per heavy atom. The molecule has 5 aromatic rings. The molecule has 5 nitrogen and oxygen atoms in total. The Bertz CT molecular complexity index is 1540. The first-order valence-electron chi connectivity index (χ1n) is 10.8. The van der Waals surface area contributed by atoms with E-state index in [1.807, 2.05) is 83.9 Å². The number of benzene rings is 3. The van der Waals surface area contributed by atoms with E-state index in [2.05, 4.69) is 36.6 Å². The van der Waals surface area contributed by atoms with E-state index in [4.69, 9.17) is 4.99 Å². The molecule has 0 spiro atoms. The van der Waals surface area contributed by atoms with Gasteiger partial charge in [0.2, 0.25) is 0 Å². The van der Waals surface area contributed by atoms with Gasteiger partial charge in [-0.25, -0.2) is 9.67 Å². The largest absolute Gasteiger partial charge is 0.296 e. The molecule has 0 amide bonds. The molecule has 0 saturated carbocycles. The van der Waals surface area contributed by atoms with Gasteiger partial charge in [0.25, 0.3) is 5.56 Å². The van der Waals surface area contributed by atoms with Crippen LogP contribution in [0.15, 0.2) is 100 Å². The van der Waals surface area contributed by atoms with Gasteiger partial charge >= 0.3 is 0 Å². The molecule has 0 aliphatic rings. The van der Waals surface area contributed by atoms with E-state index in [-0.39, 0.29) is 5.56 Å². The van der Waals surface area contributed by atoms with E-state index in [1.54, 1.807) is 4.68 Å². The molecular formula is C27H24N4OS. The number of nitrogens with zero attached hydrogens (tertiary/aromatic N) is 4. The molecule has 0 saturated heterocycles. The molecule has 0 aliphatic heterocycles. The van der Waals surface area contributed by atoms with Crippen LogP contribution in [0.2, 0.25) is 0 Å². The summed E-state index contributed by atoms with van der Waals surface area (Å²) in [5, 5.41) is 2.07. The molecule has 33 heavy (non-hydrogen) atoms. The van der Waals surface area contributed by atoms with E-state index >= 15 is 0 Å². The maximum atomic E-state index is 13.8. The molecule has 0 atom stereocenters. The minimum absolute atomic E-state index is 0.0810. The third-order valence-corrected chi connectivity index (χ3v) is 6.61. The lowest BCUT2D eigenvalue weighted by Gasteiger charge is -2.09. The molecule has 0 fully saturated rings. The van der Waals surface area contributed by atoms with Crippen LogP contribution < -0.4 is 10.4 Å².